The van der Waals surface area contributed by atoms with Crippen LogP contribution < -0.4 is 10.7 Å². The topological polar surface area (TPSA) is 70.6 Å². The molecule has 0 unspecified atom stereocenters. The smallest absolute Gasteiger partial charge is 0.318 e. The minimum Gasteiger partial charge on any atom is -0.318 e. The van der Waals surface area contributed by atoms with Crippen molar-refractivity contribution in [2.24, 2.45) is 5.10 Å². The summed E-state index contributed by atoms with van der Waals surface area (Å²) in [7, 11) is 0. The number of anilines is 1. The lowest BCUT2D eigenvalue weighted by atomic mass is 10.1. The van der Waals surface area contributed by atoms with E-state index < -0.39 is 12.1 Å². The fourth-order valence-corrected chi connectivity index (χ4v) is 2.26. The lowest BCUT2D eigenvalue weighted by Gasteiger charge is -2.09. The Morgan fingerprint density at radius 3 is 2.30 bits per heavy atom. The summed E-state index contributed by atoms with van der Waals surface area (Å²) in [6, 6.07) is 12.5. The number of carbonyl (C=O) groups is 2. The molecule has 2 N–H and O–H groups in total. The summed E-state index contributed by atoms with van der Waals surface area (Å²) in [6.07, 6.45) is -4.90. The highest BCUT2D eigenvalue weighted by Crippen LogP contribution is 2.19. The van der Waals surface area contributed by atoms with Crippen LogP contribution in [-0.4, -0.2) is 23.7 Å². The van der Waals surface area contributed by atoms with E-state index >= 15 is 0 Å². The molecule has 142 valence electrons. The number of carbonyl (C=O) groups excluding carboxylic acids is 2. The molecule has 0 atom stereocenters. The molecule has 2 aromatic rings. The standard InChI is InChI=1S/C18H15ClF3N3O2/c1-11(24-25-16(26)10-13-4-2-3-5-15(13)19)12-6-8-14(9-7-12)23-17(27)18(20,21)22/h2-9H,10H2,1H3,(H,23,27)(H,25,26). The average Bonchev–Trinajstić information content (AvgIpc) is 2.61. The monoisotopic (exact) mass is 397 g/mol. The fourth-order valence-electron chi connectivity index (χ4n) is 2.06. The number of halogens is 4. The van der Waals surface area contributed by atoms with Crippen LogP contribution in [0.15, 0.2) is 53.6 Å². The van der Waals surface area contributed by atoms with Crippen molar-refractivity contribution < 1.29 is 22.8 Å². The minimum absolute atomic E-state index is 0.00312. The Labute approximate surface area is 158 Å². The van der Waals surface area contributed by atoms with Gasteiger partial charge in [-0.2, -0.15) is 18.3 Å². The van der Waals surface area contributed by atoms with E-state index in [1.54, 1.807) is 36.5 Å². The molecule has 2 aromatic carbocycles. The van der Waals surface area contributed by atoms with Gasteiger partial charge in [0.05, 0.1) is 12.1 Å². The summed E-state index contributed by atoms with van der Waals surface area (Å²) < 4.78 is 36.7. The molecule has 0 aliphatic carbocycles. The zero-order valence-corrected chi connectivity index (χ0v) is 14.9. The molecule has 2 rings (SSSR count). The van der Waals surface area contributed by atoms with Crippen LogP contribution in [0.1, 0.15) is 18.1 Å². The van der Waals surface area contributed by atoms with Crippen molar-refractivity contribution >= 4 is 34.8 Å². The Morgan fingerprint density at radius 1 is 1.07 bits per heavy atom. The number of nitrogens with zero attached hydrogens (tertiary/aromatic N) is 1. The molecule has 0 fully saturated rings. The predicted molar refractivity (Wildman–Crippen MR) is 96.6 cm³/mol. The van der Waals surface area contributed by atoms with Gasteiger partial charge in [0.1, 0.15) is 0 Å². The molecule has 0 aromatic heterocycles. The highest BCUT2D eigenvalue weighted by molar-refractivity contribution is 6.31. The molecule has 5 nitrogen and oxygen atoms in total. The van der Waals surface area contributed by atoms with Gasteiger partial charge in [-0.25, -0.2) is 5.43 Å². The number of rotatable bonds is 5. The summed E-state index contributed by atoms with van der Waals surface area (Å²) in [5.41, 5.74) is 4.06. The van der Waals surface area contributed by atoms with E-state index in [1.165, 1.54) is 24.3 Å². The van der Waals surface area contributed by atoms with Crippen LogP contribution in [0.4, 0.5) is 18.9 Å². The minimum atomic E-state index is -4.96. The van der Waals surface area contributed by atoms with Gasteiger partial charge >= 0.3 is 12.1 Å². The van der Waals surface area contributed by atoms with Crippen molar-refractivity contribution in [2.45, 2.75) is 19.5 Å². The van der Waals surface area contributed by atoms with Crippen LogP contribution >= 0.6 is 11.6 Å². The van der Waals surface area contributed by atoms with Crippen LogP contribution in [0.25, 0.3) is 0 Å². The molecule has 0 saturated carbocycles. The normalized spacial score (nSPS) is 11.8. The van der Waals surface area contributed by atoms with Crippen molar-refractivity contribution in [1.82, 2.24) is 5.43 Å². The zero-order chi connectivity index (χ0) is 20.0. The van der Waals surface area contributed by atoms with E-state index in [0.717, 1.165) is 0 Å². The van der Waals surface area contributed by atoms with Crippen LogP contribution in [0.5, 0.6) is 0 Å². The molecule has 0 heterocycles. The van der Waals surface area contributed by atoms with Gasteiger partial charge < -0.3 is 5.32 Å². The Hall–Kier alpha value is -2.87. The lowest BCUT2D eigenvalue weighted by molar-refractivity contribution is -0.167. The van der Waals surface area contributed by atoms with Crippen LogP contribution in [0.2, 0.25) is 5.02 Å². The van der Waals surface area contributed by atoms with Gasteiger partial charge in [-0.3, -0.25) is 9.59 Å². The van der Waals surface area contributed by atoms with Crippen molar-refractivity contribution in [3.63, 3.8) is 0 Å². The molecule has 0 spiro atoms. The lowest BCUT2D eigenvalue weighted by Crippen LogP contribution is -2.29. The number of benzene rings is 2. The Bertz CT molecular complexity index is 865. The van der Waals surface area contributed by atoms with Gasteiger partial charge in [0.2, 0.25) is 5.91 Å². The molecule has 0 bridgehead atoms. The van der Waals surface area contributed by atoms with E-state index in [0.29, 0.717) is 21.9 Å². The Kier molecular flexibility index (Phi) is 6.57. The van der Waals surface area contributed by atoms with Gasteiger partial charge in [0.25, 0.3) is 0 Å². The Balaban J connectivity index is 1.96. The van der Waals surface area contributed by atoms with Gasteiger partial charge in [-0.15, -0.1) is 0 Å². The summed E-state index contributed by atoms with van der Waals surface area (Å²) in [5, 5.41) is 6.18. The van der Waals surface area contributed by atoms with Gasteiger partial charge in [-0.05, 0) is 36.2 Å². The first-order chi connectivity index (χ1) is 12.7. The van der Waals surface area contributed by atoms with Crippen LogP contribution in [0, 0.1) is 0 Å². The van der Waals surface area contributed by atoms with Crippen molar-refractivity contribution in [3.05, 3.63) is 64.7 Å². The quantitative estimate of drug-likeness (QED) is 0.593. The third kappa shape index (κ3) is 6.10. The van der Waals surface area contributed by atoms with E-state index in [9.17, 15) is 22.8 Å². The average molecular weight is 398 g/mol. The number of hydrazone groups is 1. The zero-order valence-electron chi connectivity index (χ0n) is 14.1. The number of alkyl halides is 3. The van der Waals surface area contributed by atoms with Gasteiger partial charge in [0, 0.05) is 10.7 Å². The van der Waals surface area contributed by atoms with E-state index in [2.05, 4.69) is 10.5 Å². The van der Waals surface area contributed by atoms with Crippen molar-refractivity contribution in [1.29, 1.82) is 0 Å². The first-order valence-electron chi connectivity index (χ1n) is 7.72. The second-order valence-electron chi connectivity index (χ2n) is 5.53. The first-order valence-corrected chi connectivity index (χ1v) is 8.10. The molecule has 9 heteroatoms. The number of hydrogen-bond acceptors (Lipinski definition) is 3. The molecular weight excluding hydrogens is 383 g/mol. The second-order valence-corrected chi connectivity index (χ2v) is 5.94. The molecule has 27 heavy (non-hydrogen) atoms. The maximum absolute atomic E-state index is 12.2. The van der Waals surface area contributed by atoms with Crippen molar-refractivity contribution in [2.75, 3.05) is 5.32 Å². The summed E-state index contributed by atoms with van der Waals surface area (Å²) in [6.45, 7) is 1.62. The third-order valence-electron chi connectivity index (χ3n) is 3.48. The molecule has 0 aliphatic rings. The summed E-state index contributed by atoms with van der Waals surface area (Å²) in [5.74, 6) is -2.41. The predicted octanol–water partition coefficient (Wildman–Crippen LogP) is 3.92. The molecule has 0 radical (unpaired) electrons. The highest BCUT2D eigenvalue weighted by atomic mass is 35.5. The van der Waals surface area contributed by atoms with Crippen molar-refractivity contribution in [3.8, 4) is 0 Å². The number of nitrogens with one attached hydrogen (secondary N) is 2. The number of amides is 2. The fraction of sp³-hybridized carbons (Fsp3) is 0.167. The summed E-state index contributed by atoms with van der Waals surface area (Å²) in [4.78, 5) is 22.8. The second kappa shape index (κ2) is 8.68. The third-order valence-corrected chi connectivity index (χ3v) is 3.84. The largest absolute Gasteiger partial charge is 0.471 e. The van der Waals surface area contributed by atoms with Crippen LogP contribution in [-0.2, 0) is 16.0 Å². The maximum Gasteiger partial charge on any atom is 0.471 e. The molecule has 2 amide bonds. The van der Waals surface area contributed by atoms with Gasteiger partial charge in [0.15, 0.2) is 0 Å². The maximum atomic E-state index is 12.2. The molecular formula is C18H15ClF3N3O2. The molecule has 0 saturated heterocycles. The molecule has 0 aliphatic heterocycles. The van der Waals surface area contributed by atoms with E-state index in [-0.39, 0.29) is 18.0 Å². The first kappa shape index (κ1) is 20.4. The van der Waals surface area contributed by atoms with E-state index in [1.807, 2.05) is 0 Å². The van der Waals surface area contributed by atoms with E-state index in [4.69, 9.17) is 11.6 Å². The number of hydrogen-bond donors (Lipinski definition) is 2. The highest BCUT2D eigenvalue weighted by Gasteiger charge is 2.38. The van der Waals surface area contributed by atoms with Crippen LogP contribution in [0.3, 0.4) is 0 Å². The Morgan fingerprint density at radius 2 is 1.70 bits per heavy atom. The summed E-state index contributed by atoms with van der Waals surface area (Å²) >= 11 is 5.99. The van der Waals surface area contributed by atoms with Gasteiger partial charge in [-0.1, -0.05) is 41.9 Å². The SMILES string of the molecule is CC(=NNC(=O)Cc1ccccc1Cl)c1ccc(NC(=O)C(F)(F)F)cc1.